The predicted molar refractivity (Wildman–Crippen MR) is 72.8 cm³/mol. The van der Waals surface area contributed by atoms with E-state index in [1.54, 1.807) is 30.7 Å². The molecule has 0 bridgehead atoms. The van der Waals surface area contributed by atoms with Gasteiger partial charge in [-0.2, -0.15) is 0 Å². The summed E-state index contributed by atoms with van der Waals surface area (Å²) < 4.78 is 1.94. The highest BCUT2D eigenvalue weighted by Gasteiger charge is 1.98. The van der Waals surface area contributed by atoms with E-state index < -0.39 is 0 Å². The molecule has 2 rings (SSSR count). The number of nitrogens with zero attached hydrogens (tertiary/aromatic N) is 2. The van der Waals surface area contributed by atoms with Gasteiger partial charge < -0.3 is 9.88 Å². The van der Waals surface area contributed by atoms with Gasteiger partial charge in [-0.05, 0) is 18.6 Å². The normalized spacial score (nSPS) is 10.3. The zero-order chi connectivity index (χ0) is 12.8. The molecule has 18 heavy (non-hydrogen) atoms. The maximum atomic E-state index is 11.0. The van der Waals surface area contributed by atoms with Crippen LogP contribution in [-0.2, 0) is 6.54 Å². The van der Waals surface area contributed by atoms with Crippen LogP contribution in [0.5, 0.6) is 0 Å². The average molecular weight is 243 g/mol. The van der Waals surface area contributed by atoms with Crippen molar-refractivity contribution in [3.63, 3.8) is 0 Å². The second-order valence-electron chi connectivity index (χ2n) is 4.17. The lowest BCUT2D eigenvalue weighted by atomic mass is 10.3. The fraction of sp³-hybridized carbons (Fsp3) is 0.286. The van der Waals surface area contributed by atoms with Crippen molar-refractivity contribution < 1.29 is 0 Å². The second kappa shape index (κ2) is 6.00. The molecule has 0 spiro atoms. The molecule has 0 amide bonds. The highest BCUT2D eigenvalue weighted by Crippen LogP contribution is 2.08. The summed E-state index contributed by atoms with van der Waals surface area (Å²) in [5.74, 6) is 0. The van der Waals surface area contributed by atoms with E-state index in [0.717, 1.165) is 24.3 Å². The zero-order valence-corrected chi connectivity index (χ0v) is 10.5. The lowest BCUT2D eigenvalue weighted by molar-refractivity contribution is 0.766. The van der Waals surface area contributed by atoms with E-state index in [9.17, 15) is 4.79 Å². The zero-order valence-electron chi connectivity index (χ0n) is 10.5. The lowest BCUT2D eigenvalue weighted by Gasteiger charge is -2.08. The first-order valence-corrected chi connectivity index (χ1v) is 6.13. The fourth-order valence-electron chi connectivity index (χ4n) is 1.68. The van der Waals surface area contributed by atoms with Crippen LogP contribution in [0.3, 0.4) is 0 Å². The van der Waals surface area contributed by atoms with Crippen LogP contribution in [0.15, 0.2) is 47.7 Å². The van der Waals surface area contributed by atoms with Crippen molar-refractivity contribution in [2.75, 3.05) is 11.9 Å². The Hall–Kier alpha value is -2.10. The molecule has 94 valence electrons. The highest BCUT2D eigenvalue weighted by atomic mass is 16.1. The number of hydrogen-bond donors (Lipinski definition) is 1. The molecule has 0 aliphatic heterocycles. The van der Waals surface area contributed by atoms with E-state index in [1.807, 2.05) is 16.7 Å². The van der Waals surface area contributed by atoms with Crippen molar-refractivity contribution in [1.82, 2.24) is 9.55 Å². The monoisotopic (exact) mass is 243 g/mol. The van der Waals surface area contributed by atoms with E-state index in [0.29, 0.717) is 6.54 Å². The van der Waals surface area contributed by atoms with E-state index in [4.69, 9.17) is 0 Å². The maximum Gasteiger partial charge on any atom is 0.181 e. The Kier molecular flexibility index (Phi) is 4.12. The molecular weight excluding hydrogens is 226 g/mol. The van der Waals surface area contributed by atoms with Crippen LogP contribution in [0.4, 0.5) is 5.69 Å². The Morgan fingerprint density at radius 2 is 2.06 bits per heavy atom. The van der Waals surface area contributed by atoms with Crippen LogP contribution in [0.25, 0.3) is 0 Å². The van der Waals surface area contributed by atoms with Gasteiger partial charge in [0.05, 0.1) is 12.2 Å². The topological polar surface area (TPSA) is 46.9 Å². The first kappa shape index (κ1) is 12.4. The number of aromatic nitrogens is 2. The molecule has 2 aromatic rings. The van der Waals surface area contributed by atoms with E-state index in [-0.39, 0.29) is 5.43 Å². The Labute approximate surface area is 106 Å². The van der Waals surface area contributed by atoms with Crippen LogP contribution in [0, 0.1) is 0 Å². The fourth-order valence-corrected chi connectivity index (χ4v) is 1.68. The van der Waals surface area contributed by atoms with Crippen molar-refractivity contribution in [3.8, 4) is 0 Å². The van der Waals surface area contributed by atoms with E-state index in [1.165, 1.54) is 0 Å². The van der Waals surface area contributed by atoms with Gasteiger partial charge >= 0.3 is 0 Å². The highest BCUT2D eigenvalue weighted by molar-refractivity contribution is 5.43. The number of anilines is 1. The SMILES string of the molecule is CCCNc1ccnc(Cn2ccc(=O)cc2)c1. The van der Waals surface area contributed by atoms with Crippen molar-refractivity contribution in [2.45, 2.75) is 19.9 Å². The minimum atomic E-state index is 0.0255. The largest absolute Gasteiger partial charge is 0.385 e. The predicted octanol–water partition coefficient (Wildman–Crippen LogP) is 2.11. The second-order valence-corrected chi connectivity index (χ2v) is 4.17. The minimum Gasteiger partial charge on any atom is -0.385 e. The number of rotatable bonds is 5. The molecule has 1 N–H and O–H groups in total. The summed E-state index contributed by atoms with van der Waals surface area (Å²) in [6.07, 6.45) is 6.44. The molecule has 0 atom stereocenters. The van der Waals surface area contributed by atoms with Crippen LogP contribution >= 0.6 is 0 Å². The first-order valence-electron chi connectivity index (χ1n) is 6.13. The average Bonchev–Trinajstić information content (AvgIpc) is 2.40. The molecular formula is C14H17N3O. The van der Waals surface area contributed by atoms with Crippen LogP contribution in [0.2, 0.25) is 0 Å². The van der Waals surface area contributed by atoms with Crippen molar-refractivity contribution in [3.05, 3.63) is 58.8 Å². The molecule has 0 unspecified atom stereocenters. The summed E-state index contributed by atoms with van der Waals surface area (Å²) in [5, 5.41) is 3.33. The van der Waals surface area contributed by atoms with Crippen LogP contribution in [-0.4, -0.2) is 16.1 Å². The first-order chi connectivity index (χ1) is 8.78. The molecule has 0 saturated heterocycles. The number of pyridine rings is 2. The molecule has 4 nitrogen and oxygen atoms in total. The molecule has 0 aromatic carbocycles. The molecule has 0 fully saturated rings. The smallest absolute Gasteiger partial charge is 0.181 e. The summed E-state index contributed by atoms with van der Waals surface area (Å²) >= 11 is 0. The molecule has 0 aliphatic carbocycles. The third-order valence-corrected chi connectivity index (χ3v) is 2.60. The minimum absolute atomic E-state index is 0.0255. The summed E-state index contributed by atoms with van der Waals surface area (Å²) in [5.41, 5.74) is 2.08. The molecule has 4 heteroatoms. The van der Waals surface area contributed by atoms with Gasteiger partial charge in [0.2, 0.25) is 0 Å². The van der Waals surface area contributed by atoms with Crippen molar-refractivity contribution in [2.24, 2.45) is 0 Å². The molecule has 2 aromatic heterocycles. The van der Waals surface area contributed by atoms with Crippen molar-refractivity contribution >= 4 is 5.69 Å². The molecule has 2 heterocycles. The molecule has 0 aliphatic rings. The van der Waals surface area contributed by atoms with Gasteiger partial charge in [-0.15, -0.1) is 0 Å². The van der Waals surface area contributed by atoms with Gasteiger partial charge in [0, 0.05) is 43.0 Å². The van der Waals surface area contributed by atoms with Gasteiger partial charge in [0.25, 0.3) is 0 Å². The van der Waals surface area contributed by atoms with Gasteiger partial charge in [-0.3, -0.25) is 9.78 Å². The van der Waals surface area contributed by atoms with Gasteiger partial charge in [-0.1, -0.05) is 6.92 Å². The summed E-state index contributed by atoms with van der Waals surface area (Å²) in [4.78, 5) is 15.3. The van der Waals surface area contributed by atoms with Crippen LogP contribution in [0.1, 0.15) is 19.0 Å². The van der Waals surface area contributed by atoms with Gasteiger partial charge in [0.1, 0.15) is 0 Å². The van der Waals surface area contributed by atoms with Crippen LogP contribution < -0.4 is 10.7 Å². The van der Waals surface area contributed by atoms with Gasteiger partial charge in [0.15, 0.2) is 5.43 Å². The Morgan fingerprint density at radius 1 is 1.28 bits per heavy atom. The van der Waals surface area contributed by atoms with Crippen molar-refractivity contribution in [1.29, 1.82) is 0 Å². The van der Waals surface area contributed by atoms with E-state index >= 15 is 0 Å². The maximum absolute atomic E-state index is 11.0. The Bertz CT molecular complexity index is 542. The lowest BCUT2D eigenvalue weighted by Crippen LogP contribution is -2.07. The quantitative estimate of drug-likeness (QED) is 0.875. The van der Waals surface area contributed by atoms with Gasteiger partial charge in [-0.25, -0.2) is 0 Å². The third kappa shape index (κ3) is 3.45. The molecule has 0 saturated carbocycles. The molecule has 0 radical (unpaired) electrons. The number of nitrogens with one attached hydrogen (secondary N) is 1. The third-order valence-electron chi connectivity index (χ3n) is 2.60. The Balaban J connectivity index is 2.09. The summed E-state index contributed by atoms with van der Waals surface area (Å²) in [7, 11) is 0. The number of hydrogen-bond acceptors (Lipinski definition) is 3. The standard InChI is InChI=1S/C14H17N3O/c1-2-6-15-12-3-7-16-13(10-12)11-17-8-4-14(18)5-9-17/h3-5,7-10H,2,6,11H2,1H3,(H,15,16). The Morgan fingerprint density at radius 3 is 2.78 bits per heavy atom. The summed E-state index contributed by atoms with van der Waals surface area (Å²) in [6, 6.07) is 7.11. The van der Waals surface area contributed by atoms with E-state index in [2.05, 4.69) is 17.2 Å². The summed E-state index contributed by atoms with van der Waals surface area (Å²) in [6.45, 7) is 3.76.